The van der Waals surface area contributed by atoms with Gasteiger partial charge >= 0.3 is 6.03 Å². The van der Waals surface area contributed by atoms with Gasteiger partial charge in [0.15, 0.2) is 5.78 Å². The number of nitrogens with zero attached hydrogens (tertiary/aromatic N) is 1. The standard InChI is InChI=1S/C18H17BrFN3O3/c1-2-14(24)10-4-5-12(20)16(17(10)25)11-7-13(11)22-18(26)23-15-6-3-9(19)8-21-15/h3-6,8,11,13,25H,2,7H2,1H3,(H2,21,22,23,26)/t11-,13+/m1/s1. The Morgan fingerprint density at radius 1 is 1.35 bits per heavy atom. The number of Topliss-reactive ketones (excluding diaryl/α,β-unsaturated/α-hetero) is 1. The molecule has 0 unspecified atom stereocenters. The van der Waals surface area contributed by atoms with E-state index in [0.717, 1.165) is 4.47 Å². The van der Waals surface area contributed by atoms with Crippen LogP contribution < -0.4 is 10.6 Å². The lowest BCUT2D eigenvalue weighted by Gasteiger charge is -2.11. The zero-order chi connectivity index (χ0) is 18.8. The third kappa shape index (κ3) is 3.85. The fourth-order valence-corrected chi connectivity index (χ4v) is 3.03. The highest BCUT2D eigenvalue weighted by atomic mass is 79.9. The zero-order valence-electron chi connectivity index (χ0n) is 13.9. The summed E-state index contributed by atoms with van der Waals surface area (Å²) < 4.78 is 15.0. The molecule has 1 heterocycles. The molecule has 0 aliphatic heterocycles. The molecule has 1 fully saturated rings. The van der Waals surface area contributed by atoms with Crippen LogP contribution in [-0.2, 0) is 0 Å². The quantitative estimate of drug-likeness (QED) is 0.637. The first-order valence-corrected chi connectivity index (χ1v) is 8.93. The number of hydrogen-bond acceptors (Lipinski definition) is 4. The van der Waals surface area contributed by atoms with Gasteiger partial charge in [0.05, 0.1) is 5.56 Å². The molecular weight excluding hydrogens is 405 g/mol. The molecule has 0 radical (unpaired) electrons. The van der Waals surface area contributed by atoms with Gasteiger partial charge in [-0.1, -0.05) is 6.92 Å². The van der Waals surface area contributed by atoms with Crippen molar-refractivity contribution in [1.82, 2.24) is 10.3 Å². The number of benzene rings is 1. The first-order chi connectivity index (χ1) is 12.4. The van der Waals surface area contributed by atoms with Gasteiger partial charge in [0.2, 0.25) is 0 Å². The van der Waals surface area contributed by atoms with Gasteiger partial charge in [-0.05, 0) is 46.6 Å². The molecule has 0 spiro atoms. The average Bonchev–Trinajstić information content (AvgIpc) is 3.35. The number of aromatic hydroxyl groups is 1. The summed E-state index contributed by atoms with van der Waals surface area (Å²) in [7, 11) is 0. The van der Waals surface area contributed by atoms with Crippen molar-refractivity contribution < 1.29 is 19.1 Å². The number of halogens is 2. The molecule has 136 valence electrons. The lowest BCUT2D eigenvalue weighted by atomic mass is 10.00. The van der Waals surface area contributed by atoms with Crippen molar-refractivity contribution >= 4 is 33.6 Å². The topological polar surface area (TPSA) is 91.3 Å². The fraction of sp³-hybridized carbons (Fsp3) is 0.278. The van der Waals surface area contributed by atoms with E-state index in [4.69, 9.17) is 0 Å². The molecule has 1 saturated carbocycles. The minimum Gasteiger partial charge on any atom is -0.507 e. The molecule has 26 heavy (non-hydrogen) atoms. The van der Waals surface area contributed by atoms with Crippen LogP contribution in [-0.4, -0.2) is 27.9 Å². The van der Waals surface area contributed by atoms with E-state index in [9.17, 15) is 19.1 Å². The van der Waals surface area contributed by atoms with Gasteiger partial charge in [-0.25, -0.2) is 14.2 Å². The number of phenolic OH excluding ortho intramolecular Hbond substituents is 1. The van der Waals surface area contributed by atoms with Crippen LogP contribution in [0.1, 0.15) is 41.6 Å². The van der Waals surface area contributed by atoms with Crippen molar-refractivity contribution in [3.8, 4) is 5.75 Å². The third-order valence-corrected chi connectivity index (χ3v) is 4.70. The lowest BCUT2D eigenvalue weighted by molar-refractivity contribution is 0.0985. The molecule has 2 amide bonds. The Bertz CT molecular complexity index is 858. The fourth-order valence-electron chi connectivity index (χ4n) is 2.80. The summed E-state index contributed by atoms with van der Waals surface area (Å²) in [5.41, 5.74) is 0.189. The summed E-state index contributed by atoms with van der Waals surface area (Å²) in [5, 5.41) is 15.6. The average molecular weight is 422 g/mol. The second-order valence-electron chi connectivity index (χ2n) is 6.04. The van der Waals surface area contributed by atoms with Gasteiger partial charge in [0.25, 0.3) is 0 Å². The maximum atomic E-state index is 14.2. The van der Waals surface area contributed by atoms with E-state index in [1.54, 1.807) is 25.3 Å². The van der Waals surface area contributed by atoms with Gasteiger partial charge in [-0.3, -0.25) is 10.1 Å². The van der Waals surface area contributed by atoms with E-state index in [1.165, 1.54) is 12.1 Å². The molecule has 1 aromatic heterocycles. The number of hydrogen-bond donors (Lipinski definition) is 3. The van der Waals surface area contributed by atoms with E-state index < -0.39 is 11.8 Å². The molecule has 2 aromatic rings. The molecule has 0 saturated heterocycles. The predicted octanol–water partition coefficient (Wildman–Crippen LogP) is 3.96. The minimum absolute atomic E-state index is 0.0800. The highest BCUT2D eigenvalue weighted by molar-refractivity contribution is 9.10. The Kier molecular flexibility index (Phi) is 5.22. The molecule has 1 aromatic carbocycles. The van der Waals surface area contributed by atoms with Crippen LogP contribution in [0.15, 0.2) is 34.9 Å². The van der Waals surface area contributed by atoms with E-state index in [-0.39, 0.29) is 41.0 Å². The number of pyridine rings is 1. The van der Waals surface area contributed by atoms with Crippen molar-refractivity contribution in [2.75, 3.05) is 5.32 Å². The number of urea groups is 1. The lowest BCUT2D eigenvalue weighted by Crippen LogP contribution is -2.31. The smallest absolute Gasteiger partial charge is 0.320 e. The Balaban J connectivity index is 1.67. The normalized spacial score (nSPS) is 18.3. The van der Waals surface area contributed by atoms with E-state index >= 15 is 0 Å². The van der Waals surface area contributed by atoms with E-state index in [2.05, 4.69) is 31.5 Å². The van der Waals surface area contributed by atoms with Crippen LogP contribution in [0.2, 0.25) is 0 Å². The number of ketones is 1. The SMILES string of the molecule is CCC(=O)c1ccc(F)c([C@@H]2C[C@@H]2NC(=O)Nc2ccc(Br)cn2)c1O. The molecule has 3 rings (SSSR count). The van der Waals surface area contributed by atoms with Crippen molar-refractivity contribution in [3.05, 3.63) is 51.9 Å². The number of carbonyl (C=O) groups excluding carboxylic acids is 2. The van der Waals surface area contributed by atoms with Crippen LogP contribution in [0.5, 0.6) is 5.75 Å². The van der Waals surface area contributed by atoms with Gasteiger partial charge in [-0.15, -0.1) is 0 Å². The summed E-state index contributed by atoms with van der Waals surface area (Å²) in [5.74, 6) is -1.16. The summed E-state index contributed by atoms with van der Waals surface area (Å²) in [6.07, 6.45) is 2.25. The Morgan fingerprint density at radius 2 is 2.12 bits per heavy atom. The number of nitrogens with one attached hydrogen (secondary N) is 2. The third-order valence-electron chi connectivity index (χ3n) is 4.23. The van der Waals surface area contributed by atoms with Gasteiger partial charge in [0, 0.05) is 34.6 Å². The summed E-state index contributed by atoms with van der Waals surface area (Å²) in [4.78, 5) is 27.9. The molecule has 0 bridgehead atoms. The molecule has 8 heteroatoms. The van der Waals surface area contributed by atoms with Crippen LogP contribution in [0.4, 0.5) is 15.0 Å². The molecular formula is C18H17BrFN3O3. The number of aromatic nitrogens is 1. The van der Waals surface area contributed by atoms with E-state index in [1.807, 2.05) is 0 Å². The Morgan fingerprint density at radius 3 is 2.77 bits per heavy atom. The molecule has 6 nitrogen and oxygen atoms in total. The number of anilines is 1. The predicted molar refractivity (Wildman–Crippen MR) is 97.9 cm³/mol. The van der Waals surface area contributed by atoms with Crippen molar-refractivity contribution in [2.45, 2.75) is 31.7 Å². The van der Waals surface area contributed by atoms with Gasteiger partial charge in [-0.2, -0.15) is 0 Å². The number of rotatable bonds is 5. The minimum atomic E-state index is -0.584. The summed E-state index contributed by atoms with van der Waals surface area (Å²) in [6, 6.07) is 5.06. The second kappa shape index (κ2) is 7.41. The largest absolute Gasteiger partial charge is 0.507 e. The molecule has 1 aliphatic rings. The Labute approximate surface area is 158 Å². The van der Waals surface area contributed by atoms with Crippen LogP contribution in [0, 0.1) is 5.82 Å². The summed E-state index contributed by atoms with van der Waals surface area (Å²) >= 11 is 3.26. The number of phenols is 1. The highest BCUT2D eigenvalue weighted by Gasteiger charge is 2.43. The van der Waals surface area contributed by atoms with Gasteiger partial charge in [0.1, 0.15) is 17.4 Å². The van der Waals surface area contributed by atoms with Gasteiger partial charge < -0.3 is 10.4 Å². The van der Waals surface area contributed by atoms with E-state index in [0.29, 0.717) is 12.2 Å². The molecule has 2 atom stereocenters. The van der Waals surface area contributed by atoms with Crippen LogP contribution >= 0.6 is 15.9 Å². The van der Waals surface area contributed by atoms with Crippen LogP contribution in [0.3, 0.4) is 0 Å². The maximum Gasteiger partial charge on any atom is 0.320 e. The molecule has 3 N–H and O–H groups in total. The monoisotopic (exact) mass is 421 g/mol. The first-order valence-electron chi connectivity index (χ1n) is 8.14. The molecule has 1 aliphatic carbocycles. The van der Waals surface area contributed by atoms with Crippen molar-refractivity contribution in [3.63, 3.8) is 0 Å². The first kappa shape index (κ1) is 18.3. The number of carbonyl (C=O) groups is 2. The highest BCUT2D eigenvalue weighted by Crippen LogP contribution is 2.46. The van der Waals surface area contributed by atoms with Crippen LogP contribution in [0.25, 0.3) is 0 Å². The maximum absolute atomic E-state index is 14.2. The number of amides is 2. The second-order valence-corrected chi connectivity index (χ2v) is 6.96. The van der Waals surface area contributed by atoms with Crippen molar-refractivity contribution in [2.24, 2.45) is 0 Å². The Hall–Kier alpha value is -2.48. The zero-order valence-corrected chi connectivity index (χ0v) is 15.5. The summed E-state index contributed by atoms with van der Waals surface area (Å²) in [6.45, 7) is 1.67. The van der Waals surface area contributed by atoms with Crippen molar-refractivity contribution in [1.29, 1.82) is 0 Å².